The average molecular weight is 448 g/mol. The zero-order valence-corrected chi connectivity index (χ0v) is 18.4. The predicted octanol–water partition coefficient (Wildman–Crippen LogP) is 6.26. The Morgan fingerprint density at radius 3 is 2.26 bits per heavy atom. The standard InChI is InChI=1S/C17H22Br2O2.C2H6/c1-10(20)21-15-8-16(2,3)12-7-14(19)11(9-18)6-13(12)17(15,4)5;1-2/h6-7,15H,8-9H2,1-5H3;1-2H3. The fourth-order valence-electron chi connectivity index (χ4n) is 3.20. The van der Waals surface area contributed by atoms with Gasteiger partial charge in [-0.05, 0) is 34.6 Å². The monoisotopic (exact) mass is 446 g/mol. The van der Waals surface area contributed by atoms with Gasteiger partial charge in [-0.25, -0.2) is 0 Å². The average Bonchev–Trinajstić information content (AvgIpc) is 2.46. The summed E-state index contributed by atoms with van der Waals surface area (Å²) in [5, 5.41) is 0.801. The van der Waals surface area contributed by atoms with Gasteiger partial charge in [0.2, 0.25) is 0 Å². The fraction of sp³-hybridized carbons (Fsp3) is 0.632. The Bertz CT molecular complexity index is 577. The number of carbonyl (C=O) groups is 1. The van der Waals surface area contributed by atoms with Gasteiger partial charge in [0.1, 0.15) is 6.10 Å². The van der Waals surface area contributed by atoms with Crippen LogP contribution in [0.15, 0.2) is 16.6 Å². The first kappa shape index (κ1) is 20.7. The van der Waals surface area contributed by atoms with Crippen LogP contribution in [0.1, 0.15) is 71.6 Å². The van der Waals surface area contributed by atoms with Crippen LogP contribution in [0.25, 0.3) is 0 Å². The molecule has 23 heavy (non-hydrogen) atoms. The molecule has 0 aliphatic heterocycles. The summed E-state index contributed by atoms with van der Waals surface area (Å²) in [5.74, 6) is -0.204. The van der Waals surface area contributed by atoms with Crippen molar-refractivity contribution in [1.82, 2.24) is 0 Å². The molecule has 1 aromatic rings. The third-order valence-corrected chi connectivity index (χ3v) is 5.91. The van der Waals surface area contributed by atoms with E-state index < -0.39 is 0 Å². The van der Waals surface area contributed by atoms with Crippen LogP contribution >= 0.6 is 31.9 Å². The van der Waals surface area contributed by atoms with Gasteiger partial charge in [0.05, 0.1) is 0 Å². The first-order valence-electron chi connectivity index (χ1n) is 8.16. The molecule has 0 aromatic heterocycles. The van der Waals surface area contributed by atoms with Crippen LogP contribution in [0.3, 0.4) is 0 Å². The van der Waals surface area contributed by atoms with Crippen molar-refractivity contribution in [2.75, 3.05) is 0 Å². The Balaban J connectivity index is 0.00000127. The molecule has 2 rings (SSSR count). The van der Waals surface area contributed by atoms with Crippen LogP contribution in [0.4, 0.5) is 0 Å². The first-order chi connectivity index (χ1) is 10.6. The third kappa shape index (κ3) is 4.19. The van der Waals surface area contributed by atoms with Crippen molar-refractivity contribution in [3.8, 4) is 0 Å². The van der Waals surface area contributed by atoms with E-state index in [-0.39, 0.29) is 22.9 Å². The normalized spacial score (nSPS) is 20.8. The second-order valence-electron chi connectivity index (χ2n) is 7.03. The Kier molecular flexibility index (Phi) is 6.92. The lowest BCUT2D eigenvalue weighted by Gasteiger charge is -2.47. The number of alkyl halides is 1. The number of hydrogen-bond acceptors (Lipinski definition) is 2. The molecule has 0 amide bonds. The maximum atomic E-state index is 11.5. The van der Waals surface area contributed by atoms with Gasteiger partial charge in [0, 0.05) is 22.1 Å². The van der Waals surface area contributed by atoms with Crippen molar-refractivity contribution in [3.63, 3.8) is 0 Å². The van der Waals surface area contributed by atoms with Crippen molar-refractivity contribution < 1.29 is 9.53 Å². The van der Waals surface area contributed by atoms with Gasteiger partial charge in [-0.3, -0.25) is 4.79 Å². The number of halogens is 2. The number of rotatable bonds is 2. The van der Waals surface area contributed by atoms with Crippen LogP contribution < -0.4 is 0 Å². The highest BCUT2D eigenvalue weighted by molar-refractivity contribution is 9.10. The van der Waals surface area contributed by atoms with E-state index in [1.54, 1.807) is 0 Å². The summed E-state index contributed by atoms with van der Waals surface area (Å²) < 4.78 is 6.77. The van der Waals surface area contributed by atoms with Crippen LogP contribution in [-0.2, 0) is 25.7 Å². The highest BCUT2D eigenvalue weighted by Gasteiger charge is 2.46. The van der Waals surface area contributed by atoms with Gasteiger partial charge < -0.3 is 4.74 Å². The molecular weight excluding hydrogens is 420 g/mol. The summed E-state index contributed by atoms with van der Waals surface area (Å²) >= 11 is 7.21. The smallest absolute Gasteiger partial charge is 0.302 e. The van der Waals surface area contributed by atoms with Crippen molar-refractivity contribution in [3.05, 3.63) is 33.3 Å². The highest BCUT2D eigenvalue weighted by atomic mass is 79.9. The molecule has 1 aromatic carbocycles. The molecule has 0 spiro atoms. The molecular formula is C19H28Br2O2. The van der Waals surface area contributed by atoms with Gasteiger partial charge in [-0.1, -0.05) is 79.5 Å². The molecule has 0 heterocycles. The lowest BCUT2D eigenvalue weighted by atomic mass is 9.61. The highest BCUT2D eigenvalue weighted by Crippen LogP contribution is 2.48. The quantitative estimate of drug-likeness (QED) is 0.395. The number of fused-ring (bicyclic) bond motifs is 1. The minimum atomic E-state index is -0.204. The van der Waals surface area contributed by atoms with E-state index in [0.29, 0.717) is 0 Å². The largest absolute Gasteiger partial charge is 0.462 e. The second kappa shape index (κ2) is 7.69. The zero-order valence-electron chi connectivity index (χ0n) is 15.2. The van der Waals surface area contributed by atoms with E-state index in [9.17, 15) is 4.79 Å². The van der Waals surface area contributed by atoms with Gasteiger partial charge >= 0.3 is 5.97 Å². The molecule has 1 atom stereocenters. The topological polar surface area (TPSA) is 26.3 Å². The maximum Gasteiger partial charge on any atom is 0.302 e. The summed E-state index contributed by atoms with van der Waals surface area (Å²) in [4.78, 5) is 11.5. The Labute approximate surface area is 157 Å². The van der Waals surface area contributed by atoms with Crippen LogP contribution in [-0.4, -0.2) is 12.1 Å². The number of ether oxygens (including phenoxy) is 1. The second-order valence-corrected chi connectivity index (χ2v) is 8.45. The Morgan fingerprint density at radius 1 is 1.22 bits per heavy atom. The molecule has 0 fully saturated rings. The van der Waals surface area contributed by atoms with Crippen molar-refractivity contribution in [1.29, 1.82) is 0 Å². The number of hydrogen-bond donors (Lipinski definition) is 0. The molecule has 1 aliphatic rings. The molecule has 0 radical (unpaired) electrons. The zero-order chi connectivity index (χ0) is 18.0. The molecule has 0 saturated carbocycles. The minimum Gasteiger partial charge on any atom is -0.462 e. The lowest BCUT2D eigenvalue weighted by Crippen LogP contribution is -2.47. The predicted molar refractivity (Wildman–Crippen MR) is 104 cm³/mol. The van der Waals surface area contributed by atoms with Crippen molar-refractivity contribution in [2.45, 2.75) is 77.2 Å². The molecule has 4 heteroatoms. The number of carbonyl (C=O) groups excluding carboxylic acids is 1. The van der Waals surface area contributed by atoms with Gasteiger partial charge in [-0.2, -0.15) is 0 Å². The van der Waals surface area contributed by atoms with E-state index in [1.165, 1.54) is 23.6 Å². The van der Waals surface area contributed by atoms with Crippen LogP contribution in [0, 0.1) is 0 Å². The molecule has 0 bridgehead atoms. The summed E-state index contributed by atoms with van der Waals surface area (Å²) in [6.07, 6.45) is 0.744. The number of esters is 1. The van der Waals surface area contributed by atoms with E-state index in [0.717, 1.165) is 16.2 Å². The fourth-order valence-corrected chi connectivity index (χ4v) is 4.53. The molecule has 0 N–H and O–H groups in total. The van der Waals surface area contributed by atoms with E-state index in [1.807, 2.05) is 13.8 Å². The van der Waals surface area contributed by atoms with Gasteiger partial charge in [-0.15, -0.1) is 0 Å². The molecule has 0 saturated heterocycles. The van der Waals surface area contributed by atoms with Crippen LogP contribution in [0.2, 0.25) is 0 Å². The summed E-state index contributed by atoms with van der Waals surface area (Å²) in [5.41, 5.74) is 3.64. The number of benzene rings is 1. The Hall–Kier alpha value is -0.350. The Morgan fingerprint density at radius 2 is 1.78 bits per heavy atom. The van der Waals surface area contributed by atoms with E-state index in [4.69, 9.17) is 4.74 Å². The minimum absolute atomic E-state index is 0.0155. The molecule has 1 aliphatic carbocycles. The van der Waals surface area contributed by atoms with E-state index in [2.05, 4.69) is 71.7 Å². The summed E-state index contributed by atoms with van der Waals surface area (Å²) in [6, 6.07) is 4.48. The molecule has 2 nitrogen and oxygen atoms in total. The lowest BCUT2D eigenvalue weighted by molar-refractivity contribution is -0.151. The summed E-state index contributed by atoms with van der Waals surface area (Å²) in [7, 11) is 0. The van der Waals surface area contributed by atoms with Gasteiger partial charge in [0.25, 0.3) is 0 Å². The molecule has 130 valence electrons. The SMILES string of the molecule is CC.CC(=O)OC1CC(C)(C)c2cc(Br)c(CBr)cc2C1(C)C. The third-order valence-electron chi connectivity index (χ3n) is 4.56. The first-order valence-corrected chi connectivity index (χ1v) is 10.1. The van der Waals surface area contributed by atoms with Crippen molar-refractivity contribution in [2.24, 2.45) is 0 Å². The van der Waals surface area contributed by atoms with Crippen LogP contribution in [0.5, 0.6) is 0 Å². The van der Waals surface area contributed by atoms with Gasteiger partial charge in [0.15, 0.2) is 0 Å². The molecule has 1 unspecified atom stereocenters. The van der Waals surface area contributed by atoms with E-state index >= 15 is 0 Å². The van der Waals surface area contributed by atoms with Crippen molar-refractivity contribution >= 4 is 37.8 Å². The summed E-state index contributed by atoms with van der Waals surface area (Å²) in [6.45, 7) is 14.3. The maximum absolute atomic E-state index is 11.5.